The third-order valence-electron chi connectivity index (χ3n) is 6.24. The summed E-state index contributed by atoms with van der Waals surface area (Å²) in [7, 11) is 0. The van der Waals surface area contributed by atoms with Crippen molar-refractivity contribution in [1.82, 2.24) is 15.1 Å². The number of ether oxygens (including phenoxy) is 1. The summed E-state index contributed by atoms with van der Waals surface area (Å²) in [5, 5.41) is 11.3. The number of morpholine rings is 1. The molecule has 8 nitrogen and oxygen atoms in total. The topological polar surface area (TPSA) is 88.5 Å². The average Bonchev–Trinajstić information content (AvgIpc) is 3.62. The summed E-state index contributed by atoms with van der Waals surface area (Å²) < 4.78 is 7.07. The van der Waals surface area contributed by atoms with Crippen LogP contribution in [0.5, 0.6) is 0 Å². The maximum Gasteiger partial charge on any atom is 0.265 e. The molecule has 178 valence electrons. The Morgan fingerprint density at radius 2 is 1.88 bits per heavy atom. The minimum Gasteiger partial charge on any atom is -0.378 e. The van der Waals surface area contributed by atoms with Gasteiger partial charge >= 0.3 is 0 Å². The molecule has 2 amide bonds. The van der Waals surface area contributed by atoms with Gasteiger partial charge < -0.3 is 20.3 Å². The molecular formula is C25H29N5O3S. The number of rotatable bonds is 7. The second-order valence-corrected chi connectivity index (χ2v) is 9.76. The van der Waals surface area contributed by atoms with Crippen molar-refractivity contribution >= 4 is 33.8 Å². The standard InChI is InChI=1S/C25H29N5O3S/c31-23(27-19-8-4-5-9-19)17-30-16-20(15-26-30)28-24(32)22-14-21(18-6-2-1-3-7-18)25(34-22)29-10-12-33-13-11-29/h1-3,6-7,14-16,19H,4-5,8-13,17H2,(H,27,31)(H,28,32). The largest absolute Gasteiger partial charge is 0.378 e. The lowest BCUT2D eigenvalue weighted by atomic mass is 10.1. The van der Waals surface area contributed by atoms with Crippen LogP contribution in [0, 0.1) is 0 Å². The fourth-order valence-electron chi connectivity index (χ4n) is 4.52. The average molecular weight is 480 g/mol. The zero-order chi connectivity index (χ0) is 23.3. The molecule has 1 aliphatic carbocycles. The first-order valence-corrected chi connectivity index (χ1v) is 12.6. The van der Waals surface area contributed by atoms with Crippen molar-refractivity contribution in [2.75, 3.05) is 36.5 Å². The highest BCUT2D eigenvalue weighted by atomic mass is 32.1. The predicted molar refractivity (Wildman–Crippen MR) is 133 cm³/mol. The van der Waals surface area contributed by atoms with Crippen molar-refractivity contribution in [3.8, 4) is 11.1 Å². The molecule has 34 heavy (non-hydrogen) atoms. The smallest absolute Gasteiger partial charge is 0.265 e. The van der Waals surface area contributed by atoms with Crippen molar-refractivity contribution in [1.29, 1.82) is 0 Å². The molecule has 0 unspecified atom stereocenters. The molecule has 9 heteroatoms. The van der Waals surface area contributed by atoms with E-state index in [0.29, 0.717) is 23.8 Å². The number of carbonyl (C=O) groups is 2. The van der Waals surface area contributed by atoms with Gasteiger partial charge in [-0.3, -0.25) is 14.3 Å². The minimum absolute atomic E-state index is 0.0474. The van der Waals surface area contributed by atoms with Crippen LogP contribution in [0.4, 0.5) is 10.7 Å². The Balaban J connectivity index is 1.28. The van der Waals surface area contributed by atoms with Crippen molar-refractivity contribution in [2.24, 2.45) is 0 Å². The van der Waals surface area contributed by atoms with E-state index in [2.05, 4.69) is 32.8 Å². The summed E-state index contributed by atoms with van der Waals surface area (Å²) in [6.07, 6.45) is 7.71. The van der Waals surface area contributed by atoms with E-state index in [1.165, 1.54) is 24.2 Å². The molecular weight excluding hydrogens is 450 g/mol. The molecule has 0 bridgehead atoms. The summed E-state index contributed by atoms with van der Waals surface area (Å²) >= 11 is 1.49. The molecule has 1 aromatic carbocycles. The van der Waals surface area contributed by atoms with Crippen LogP contribution in [-0.4, -0.2) is 53.9 Å². The second kappa shape index (κ2) is 10.4. The molecule has 1 saturated carbocycles. The van der Waals surface area contributed by atoms with Crippen molar-refractivity contribution in [3.05, 3.63) is 53.7 Å². The molecule has 1 saturated heterocycles. The van der Waals surface area contributed by atoms with E-state index in [9.17, 15) is 9.59 Å². The maximum atomic E-state index is 13.1. The van der Waals surface area contributed by atoms with Crippen LogP contribution in [-0.2, 0) is 16.1 Å². The fourth-order valence-corrected chi connectivity index (χ4v) is 5.64. The molecule has 0 radical (unpaired) electrons. The highest BCUT2D eigenvalue weighted by Crippen LogP contribution is 2.39. The molecule has 2 aromatic heterocycles. The lowest BCUT2D eigenvalue weighted by Gasteiger charge is -2.28. The maximum absolute atomic E-state index is 13.1. The van der Waals surface area contributed by atoms with Crippen molar-refractivity contribution < 1.29 is 14.3 Å². The van der Waals surface area contributed by atoms with E-state index >= 15 is 0 Å². The molecule has 0 atom stereocenters. The Labute approximate surface area is 202 Å². The van der Waals surface area contributed by atoms with E-state index in [-0.39, 0.29) is 24.4 Å². The van der Waals surface area contributed by atoms with Crippen LogP contribution in [0.2, 0.25) is 0 Å². The number of thiophene rings is 1. The summed E-state index contributed by atoms with van der Waals surface area (Å²) in [5.41, 5.74) is 2.71. The normalized spacial score (nSPS) is 16.5. The van der Waals surface area contributed by atoms with Gasteiger partial charge in [-0.25, -0.2) is 0 Å². The van der Waals surface area contributed by atoms with Gasteiger partial charge in [0.25, 0.3) is 5.91 Å². The number of hydrogen-bond donors (Lipinski definition) is 2. The van der Waals surface area contributed by atoms with Gasteiger partial charge in [0.1, 0.15) is 6.54 Å². The summed E-state index contributed by atoms with van der Waals surface area (Å²) in [6, 6.07) is 12.4. The predicted octanol–water partition coefficient (Wildman–Crippen LogP) is 3.76. The zero-order valence-corrected chi connectivity index (χ0v) is 19.9. The molecule has 1 aliphatic heterocycles. The molecule has 2 fully saturated rings. The van der Waals surface area contributed by atoms with Gasteiger partial charge in [-0.2, -0.15) is 5.10 Å². The number of benzene rings is 1. The van der Waals surface area contributed by atoms with Crippen LogP contribution in [0.25, 0.3) is 11.1 Å². The monoisotopic (exact) mass is 479 g/mol. The van der Waals surface area contributed by atoms with Gasteiger partial charge in [-0.15, -0.1) is 11.3 Å². The highest BCUT2D eigenvalue weighted by molar-refractivity contribution is 7.18. The van der Waals surface area contributed by atoms with Gasteiger partial charge in [-0.05, 0) is 24.5 Å². The van der Waals surface area contributed by atoms with Gasteiger partial charge in [0.15, 0.2) is 0 Å². The molecule has 2 aliphatic rings. The van der Waals surface area contributed by atoms with E-state index in [4.69, 9.17) is 4.74 Å². The molecule has 2 N–H and O–H groups in total. The number of aromatic nitrogens is 2. The highest BCUT2D eigenvalue weighted by Gasteiger charge is 2.22. The quantitative estimate of drug-likeness (QED) is 0.539. The van der Waals surface area contributed by atoms with E-state index < -0.39 is 0 Å². The third-order valence-corrected chi connectivity index (χ3v) is 7.43. The molecule has 3 heterocycles. The third kappa shape index (κ3) is 5.31. The first-order valence-electron chi connectivity index (χ1n) is 11.8. The van der Waals surface area contributed by atoms with Crippen LogP contribution in [0.3, 0.4) is 0 Å². The number of carbonyl (C=O) groups excluding carboxylic acids is 2. The first kappa shape index (κ1) is 22.6. The van der Waals surface area contributed by atoms with Crippen LogP contribution < -0.4 is 15.5 Å². The lowest BCUT2D eigenvalue weighted by Crippen LogP contribution is -2.35. The van der Waals surface area contributed by atoms with Crippen molar-refractivity contribution in [3.63, 3.8) is 0 Å². The second-order valence-electron chi connectivity index (χ2n) is 8.72. The Morgan fingerprint density at radius 1 is 1.12 bits per heavy atom. The number of anilines is 2. The first-order chi connectivity index (χ1) is 16.7. The molecule has 3 aromatic rings. The number of nitrogens with zero attached hydrogens (tertiary/aromatic N) is 3. The number of hydrogen-bond acceptors (Lipinski definition) is 6. The van der Waals surface area contributed by atoms with E-state index in [1.807, 2.05) is 24.3 Å². The van der Waals surface area contributed by atoms with Gasteiger partial charge in [0.2, 0.25) is 5.91 Å². The Hall–Kier alpha value is -3.17. The lowest BCUT2D eigenvalue weighted by molar-refractivity contribution is -0.122. The van der Waals surface area contributed by atoms with Crippen molar-refractivity contribution in [2.45, 2.75) is 38.3 Å². The van der Waals surface area contributed by atoms with Crippen LogP contribution in [0.15, 0.2) is 48.8 Å². The van der Waals surface area contributed by atoms with Gasteiger partial charge in [0, 0.05) is 30.9 Å². The van der Waals surface area contributed by atoms with Crippen LogP contribution in [0.1, 0.15) is 35.4 Å². The summed E-state index contributed by atoms with van der Waals surface area (Å²) in [6.45, 7) is 3.11. The van der Waals surface area contributed by atoms with E-state index in [1.54, 1.807) is 17.1 Å². The Kier molecular flexibility index (Phi) is 6.92. The Morgan fingerprint density at radius 3 is 2.65 bits per heavy atom. The van der Waals surface area contributed by atoms with Gasteiger partial charge in [0.05, 0.1) is 35.0 Å². The van der Waals surface area contributed by atoms with E-state index in [0.717, 1.165) is 42.1 Å². The summed E-state index contributed by atoms with van der Waals surface area (Å²) in [5.74, 6) is -0.231. The van der Waals surface area contributed by atoms with Gasteiger partial charge in [-0.1, -0.05) is 43.2 Å². The summed E-state index contributed by atoms with van der Waals surface area (Å²) in [4.78, 5) is 28.3. The number of amides is 2. The molecule has 5 rings (SSSR count). The number of nitrogens with one attached hydrogen (secondary N) is 2. The van der Waals surface area contributed by atoms with Crippen LogP contribution >= 0.6 is 11.3 Å². The fraction of sp³-hybridized carbons (Fsp3) is 0.400. The molecule has 0 spiro atoms. The minimum atomic E-state index is -0.184. The Bertz CT molecular complexity index is 1130. The SMILES string of the molecule is O=C(Cn1cc(NC(=O)c2cc(-c3ccccc3)c(N3CCOCC3)s2)cn1)NC1CCCC1. The zero-order valence-electron chi connectivity index (χ0n) is 19.0.